The molecule has 164 valence electrons. The number of aliphatic hydroxyl groups excluding tert-OH is 1. The highest BCUT2D eigenvalue weighted by atomic mass is 16.5. The highest BCUT2D eigenvalue weighted by molar-refractivity contribution is 5.79. The maximum Gasteiger partial charge on any atom is 0.224 e. The third-order valence-corrected chi connectivity index (χ3v) is 6.80. The molecular weight excluding hydrogens is 384 g/mol. The number of nitrogens with zero attached hydrogens (tertiary/aromatic N) is 2. The largest absolute Gasteiger partial charge is 0.493 e. The number of carbonyl (C=O) groups excluding carboxylic acids is 2. The highest BCUT2D eigenvalue weighted by Crippen LogP contribution is 2.39. The summed E-state index contributed by atoms with van der Waals surface area (Å²) in [5.41, 5.74) is 0. The molecule has 2 saturated heterocycles. The van der Waals surface area contributed by atoms with Gasteiger partial charge in [0.2, 0.25) is 11.8 Å². The molecule has 0 unspecified atom stereocenters. The van der Waals surface area contributed by atoms with Crippen molar-refractivity contribution in [2.24, 2.45) is 11.8 Å². The number of hydrogen-bond acceptors (Lipinski definition) is 5. The summed E-state index contributed by atoms with van der Waals surface area (Å²) in [6.07, 6.45) is 3.47. The minimum Gasteiger partial charge on any atom is -0.493 e. The van der Waals surface area contributed by atoms with Crippen LogP contribution in [0.4, 0.5) is 0 Å². The van der Waals surface area contributed by atoms with Crippen LogP contribution in [-0.4, -0.2) is 72.2 Å². The van der Waals surface area contributed by atoms with Crippen molar-refractivity contribution in [3.05, 3.63) is 24.3 Å². The van der Waals surface area contributed by atoms with Crippen molar-refractivity contribution >= 4 is 11.8 Å². The number of fused-ring (bicyclic) bond motifs is 1. The summed E-state index contributed by atoms with van der Waals surface area (Å²) in [6.45, 7) is 2.68. The van der Waals surface area contributed by atoms with Crippen LogP contribution in [-0.2, 0) is 9.59 Å². The zero-order chi connectivity index (χ0) is 21.1. The molecule has 4 rings (SSSR count). The molecule has 4 atom stereocenters. The molecule has 2 amide bonds. The molecule has 1 aromatic carbocycles. The van der Waals surface area contributed by atoms with E-state index in [1.807, 2.05) is 34.1 Å². The van der Waals surface area contributed by atoms with Gasteiger partial charge in [-0.3, -0.25) is 9.59 Å². The van der Waals surface area contributed by atoms with E-state index in [1.165, 1.54) is 0 Å². The maximum absolute atomic E-state index is 12.8. The molecule has 1 saturated carbocycles. The van der Waals surface area contributed by atoms with Crippen molar-refractivity contribution in [2.45, 2.75) is 50.7 Å². The van der Waals surface area contributed by atoms with E-state index in [0.717, 1.165) is 25.8 Å². The second-order valence-corrected chi connectivity index (χ2v) is 8.75. The predicted molar refractivity (Wildman–Crippen MR) is 111 cm³/mol. The number of hydrogen-bond donors (Lipinski definition) is 1. The summed E-state index contributed by atoms with van der Waals surface area (Å²) in [5.74, 6) is 2.21. The van der Waals surface area contributed by atoms with E-state index in [-0.39, 0.29) is 17.9 Å². The Hall–Kier alpha value is -2.28. The van der Waals surface area contributed by atoms with Crippen LogP contribution in [0.1, 0.15) is 38.5 Å². The van der Waals surface area contributed by atoms with Crippen LogP contribution >= 0.6 is 0 Å². The second-order valence-electron chi connectivity index (χ2n) is 8.75. The normalized spacial score (nSPS) is 28.9. The highest BCUT2D eigenvalue weighted by Gasteiger charge is 2.44. The molecule has 2 heterocycles. The smallest absolute Gasteiger partial charge is 0.224 e. The number of amides is 2. The van der Waals surface area contributed by atoms with E-state index in [1.54, 1.807) is 7.11 Å². The average molecular weight is 417 g/mol. The molecule has 2 aliphatic heterocycles. The van der Waals surface area contributed by atoms with Gasteiger partial charge in [-0.25, -0.2) is 0 Å². The zero-order valence-electron chi connectivity index (χ0n) is 17.7. The Balaban J connectivity index is 1.31. The first-order valence-electron chi connectivity index (χ1n) is 11.1. The van der Waals surface area contributed by atoms with Crippen molar-refractivity contribution < 1.29 is 24.2 Å². The van der Waals surface area contributed by atoms with Gasteiger partial charge >= 0.3 is 0 Å². The molecule has 1 aliphatic carbocycles. The van der Waals surface area contributed by atoms with Gasteiger partial charge in [0.1, 0.15) is 6.10 Å². The number of piperidine rings is 1. The lowest BCUT2D eigenvalue weighted by atomic mass is 9.78. The number of benzene rings is 1. The van der Waals surface area contributed by atoms with E-state index < -0.39 is 6.10 Å². The van der Waals surface area contributed by atoms with Gasteiger partial charge in [0.25, 0.3) is 0 Å². The number of likely N-dealkylation sites (tertiary alicyclic amines) is 2. The molecule has 0 aromatic heterocycles. The van der Waals surface area contributed by atoms with Crippen LogP contribution in [0.15, 0.2) is 24.3 Å². The third kappa shape index (κ3) is 4.56. The van der Waals surface area contributed by atoms with Crippen molar-refractivity contribution in [2.75, 3.05) is 33.3 Å². The molecule has 0 radical (unpaired) electrons. The number of ether oxygens (including phenoxy) is 2. The first-order valence-corrected chi connectivity index (χ1v) is 11.1. The number of carbonyl (C=O) groups is 2. The van der Waals surface area contributed by atoms with E-state index in [4.69, 9.17) is 9.47 Å². The Kier molecular flexibility index (Phi) is 6.46. The fraction of sp³-hybridized carbons (Fsp3) is 0.652. The van der Waals surface area contributed by atoms with Crippen LogP contribution in [0, 0.1) is 11.8 Å². The van der Waals surface area contributed by atoms with Crippen LogP contribution in [0.5, 0.6) is 11.5 Å². The van der Waals surface area contributed by atoms with E-state index in [2.05, 4.69) is 0 Å². The summed E-state index contributed by atoms with van der Waals surface area (Å²) in [4.78, 5) is 28.4. The molecule has 1 N–H and O–H groups in total. The lowest BCUT2D eigenvalue weighted by molar-refractivity contribution is -0.135. The summed E-state index contributed by atoms with van der Waals surface area (Å²) in [7, 11) is 1.60. The second kappa shape index (κ2) is 9.25. The van der Waals surface area contributed by atoms with E-state index in [9.17, 15) is 14.7 Å². The molecule has 30 heavy (non-hydrogen) atoms. The standard InChI is InChI=1S/C23H32N2O5/c1-29-19-6-2-3-7-20(19)30-21-13-17-15-25(14-16(17)12-18(21)26)23(28)9-11-24-10-5-4-8-22(24)27/h2-3,6-7,16-18,21,26H,4-5,8-15H2,1H3/t16-,17+,18+,21+/m0/s1. The Morgan fingerprint density at radius 3 is 2.60 bits per heavy atom. The molecule has 0 bridgehead atoms. The Bertz CT molecular complexity index is 770. The predicted octanol–water partition coefficient (Wildman–Crippen LogP) is 2.07. The molecular formula is C23H32N2O5. The minimum absolute atomic E-state index is 0.111. The van der Waals surface area contributed by atoms with Gasteiger partial charge in [-0.05, 0) is 49.7 Å². The SMILES string of the molecule is COc1ccccc1O[C@@H]1C[C@@H]2CN(C(=O)CCN3CCCCC3=O)C[C@@H]2C[C@H]1O. The molecule has 3 fully saturated rings. The monoisotopic (exact) mass is 416 g/mol. The lowest BCUT2D eigenvalue weighted by Crippen LogP contribution is -2.42. The van der Waals surface area contributed by atoms with E-state index >= 15 is 0 Å². The maximum atomic E-state index is 12.8. The van der Waals surface area contributed by atoms with Gasteiger partial charge in [0, 0.05) is 39.0 Å². The number of aliphatic hydroxyl groups is 1. The Labute approximate surface area is 177 Å². The van der Waals surface area contributed by atoms with E-state index in [0.29, 0.717) is 62.2 Å². The lowest BCUT2D eigenvalue weighted by Gasteiger charge is -2.35. The number of methoxy groups -OCH3 is 1. The van der Waals surface area contributed by atoms with Gasteiger partial charge in [-0.1, -0.05) is 12.1 Å². The number of rotatable bonds is 6. The number of para-hydroxylation sites is 2. The molecule has 7 nitrogen and oxygen atoms in total. The van der Waals surface area contributed by atoms with Crippen LogP contribution in [0.25, 0.3) is 0 Å². The van der Waals surface area contributed by atoms with Gasteiger partial charge in [-0.2, -0.15) is 0 Å². The molecule has 3 aliphatic rings. The summed E-state index contributed by atoms with van der Waals surface area (Å²) in [6, 6.07) is 7.47. The van der Waals surface area contributed by atoms with Gasteiger partial charge in [-0.15, -0.1) is 0 Å². The van der Waals surface area contributed by atoms with Gasteiger partial charge < -0.3 is 24.4 Å². The average Bonchev–Trinajstić information content (AvgIpc) is 3.16. The summed E-state index contributed by atoms with van der Waals surface area (Å²) < 4.78 is 11.5. The fourth-order valence-electron chi connectivity index (χ4n) is 5.09. The Morgan fingerprint density at radius 2 is 1.87 bits per heavy atom. The van der Waals surface area contributed by atoms with Gasteiger partial charge in [0.15, 0.2) is 11.5 Å². The first-order chi connectivity index (χ1) is 14.5. The minimum atomic E-state index is -0.558. The third-order valence-electron chi connectivity index (χ3n) is 6.80. The van der Waals surface area contributed by atoms with Crippen LogP contribution in [0.2, 0.25) is 0 Å². The first kappa shape index (κ1) is 21.0. The van der Waals surface area contributed by atoms with Crippen molar-refractivity contribution in [3.8, 4) is 11.5 Å². The summed E-state index contributed by atoms with van der Waals surface area (Å²) >= 11 is 0. The van der Waals surface area contributed by atoms with Crippen molar-refractivity contribution in [3.63, 3.8) is 0 Å². The Morgan fingerprint density at radius 1 is 1.13 bits per heavy atom. The molecule has 7 heteroatoms. The van der Waals surface area contributed by atoms with Gasteiger partial charge in [0.05, 0.1) is 13.2 Å². The molecule has 1 aromatic rings. The fourth-order valence-corrected chi connectivity index (χ4v) is 5.09. The quantitative estimate of drug-likeness (QED) is 0.768. The molecule has 0 spiro atoms. The van der Waals surface area contributed by atoms with Crippen molar-refractivity contribution in [1.82, 2.24) is 9.80 Å². The zero-order valence-corrected chi connectivity index (χ0v) is 17.7. The topological polar surface area (TPSA) is 79.3 Å². The summed E-state index contributed by atoms with van der Waals surface area (Å²) in [5, 5.41) is 10.7. The van der Waals surface area contributed by atoms with Crippen molar-refractivity contribution in [1.29, 1.82) is 0 Å². The van der Waals surface area contributed by atoms with Crippen LogP contribution in [0.3, 0.4) is 0 Å². The van der Waals surface area contributed by atoms with Crippen LogP contribution < -0.4 is 9.47 Å².